The van der Waals surface area contributed by atoms with E-state index in [1.165, 1.54) is 4.88 Å². The smallest absolute Gasteiger partial charge is 0.255 e. The minimum absolute atomic E-state index is 0.169. The third kappa shape index (κ3) is 3.72. The summed E-state index contributed by atoms with van der Waals surface area (Å²) in [5.41, 5.74) is 0.841. The Morgan fingerprint density at radius 3 is 2.64 bits per heavy atom. The SMILES string of the molecule is CN1CCN(C(=O)c2ccccc2SCc2cccs2)CC1. The molecule has 0 spiro atoms. The number of hydrogen-bond acceptors (Lipinski definition) is 4. The number of hydrogen-bond donors (Lipinski definition) is 0. The summed E-state index contributed by atoms with van der Waals surface area (Å²) in [6, 6.07) is 12.2. The summed E-state index contributed by atoms with van der Waals surface area (Å²) in [6.45, 7) is 3.55. The van der Waals surface area contributed by atoms with Crippen molar-refractivity contribution in [2.45, 2.75) is 10.6 Å². The van der Waals surface area contributed by atoms with Crippen molar-refractivity contribution >= 4 is 29.0 Å². The predicted octanol–water partition coefficient (Wildman–Crippen LogP) is 3.43. The monoisotopic (exact) mass is 332 g/mol. The molecule has 1 aliphatic heterocycles. The second kappa shape index (κ2) is 7.31. The van der Waals surface area contributed by atoms with Crippen molar-refractivity contribution in [3.8, 4) is 0 Å². The molecule has 2 heterocycles. The highest BCUT2D eigenvalue weighted by atomic mass is 32.2. The van der Waals surface area contributed by atoms with E-state index in [1.54, 1.807) is 23.1 Å². The van der Waals surface area contributed by atoms with Crippen LogP contribution in [0.1, 0.15) is 15.2 Å². The van der Waals surface area contributed by atoms with Crippen molar-refractivity contribution in [3.05, 3.63) is 52.2 Å². The molecule has 3 nitrogen and oxygen atoms in total. The Balaban J connectivity index is 1.71. The van der Waals surface area contributed by atoms with Crippen LogP contribution < -0.4 is 0 Å². The molecule has 0 atom stereocenters. The van der Waals surface area contributed by atoms with Gasteiger partial charge in [-0.3, -0.25) is 4.79 Å². The van der Waals surface area contributed by atoms with Gasteiger partial charge in [0.15, 0.2) is 0 Å². The van der Waals surface area contributed by atoms with Crippen LogP contribution in [0.5, 0.6) is 0 Å². The summed E-state index contributed by atoms with van der Waals surface area (Å²) >= 11 is 3.51. The molecule has 0 saturated carbocycles. The summed E-state index contributed by atoms with van der Waals surface area (Å²) in [5.74, 6) is 1.09. The minimum atomic E-state index is 0.169. The number of nitrogens with zero attached hydrogens (tertiary/aromatic N) is 2. The lowest BCUT2D eigenvalue weighted by atomic mass is 10.2. The summed E-state index contributed by atoms with van der Waals surface area (Å²) in [4.78, 5) is 19.4. The topological polar surface area (TPSA) is 23.6 Å². The van der Waals surface area contributed by atoms with Crippen molar-refractivity contribution in [1.29, 1.82) is 0 Å². The van der Waals surface area contributed by atoms with E-state index < -0.39 is 0 Å². The van der Waals surface area contributed by atoms with Gasteiger partial charge in [-0.15, -0.1) is 23.1 Å². The second-order valence-corrected chi connectivity index (χ2v) is 7.51. The molecule has 5 heteroatoms. The normalized spacial score (nSPS) is 16.0. The zero-order valence-electron chi connectivity index (χ0n) is 12.7. The van der Waals surface area contributed by atoms with Crippen molar-refractivity contribution < 1.29 is 4.79 Å². The number of carbonyl (C=O) groups excluding carboxylic acids is 1. The Hall–Kier alpha value is -1.30. The number of piperazine rings is 1. The van der Waals surface area contributed by atoms with E-state index in [0.717, 1.165) is 42.4 Å². The third-order valence-corrected chi connectivity index (χ3v) is 6.04. The summed E-state index contributed by atoms with van der Waals surface area (Å²) in [7, 11) is 2.10. The highest BCUT2D eigenvalue weighted by molar-refractivity contribution is 7.98. The van der Waals surface area contributed by atoms with E-state index in [4.69, 9.17) is 0 Å². The maximum absolute atomic E-state index is 12.8. The first kappa shape index (κ1) is 15.6. The van der Waals surface area contributed by atoms with Crippen molar-refractivity contribution in [1.82, 2.24) is 9.80 Å². The van der Waals surface area contributed by atoms with E-state index in [0.29, 0.717) is 0 Å². The quantitative estimate of drug-likeness (QED) is 0.802. The van der Waals surface area contributed by atoms with Gasteiger partial charge in [0.25, 0.3) is 5.91 Å². The Labute approximate surface area is 139 Å². The van der Waals surface area contributed by atoms with Gasteiger partial charge in [-0.05, 0) is 30.6 Å². The van der Waals surface area contributed by atoms with Crippen LogP contribution in [0.2, 0.25) is 0 Å². The molecule has 3 rings (SSSR count). The summed E-state index contributed by atoms with van der Waals surface area (Å²) < 4.78 is 0. The second-order valence-electron chi connectivity index (χ2n) is 5.46. The molecule has 1 aliphatic rings. The fourth-order valence-corrected chi connectivity index (χ4v) is 4.31. The van der Waals surface area contributed by atoms with E-state index in [-0.39, 0.29) is 5.91 Å². The molecule has 1 aromatic carbocycles. The largest absolute Gasteiger partial charge is 0.336 e. The van der Waals surface area contributed by atoms with Gasteiger partial charge in [-0.2, -0.15) is 0 Å². The summed E-state index contributed by atoms with van der Waals surface area (Å²) in [5, 5.41) is 2.09. The van der Waals surface area contributed by atoms with Gasteiger partial charge in [-0.25, -0.2) is 0 Å². The number of thioether (sulfide) groups is 1. The first-order valence-electron chi connectivity index (χ1n) is 7.46. The summed E-state index contributed by atoms with van der Waals surface area (Å²) in [6.07, 6.45) is 0. The first-order valence-corrected chi connectivity index (χ1v) is 9.32. The molecular weight excluding hydrogens is 312 g/mol. The van der Waals surface area contributed by atoms with Gasteiger partial charge in [0.05, 0.1) is 5.56 Å². The molecule has 1 aromatic heterocycles. The van der Waals surface area contributed by atoms with Crippen LogP contribution in [0.3, 0.4) is 0 Å². The van der Waals surface area contributed by atoms with E-state index in [2.05, 4.69) is 35.5 Å². The average Bonchev–Trinajstić information content (AvgIpc) is 3.07. The first-order chi connectivity index (χ1) is 10.7. The number of thiophene rings is 1. The minimum Gasteiger partial charge on any atom is -0.336 e. The van der Waals surface area contributed by atoms with Crippen molar-refractivity contribution in [2.24, 2.45) is 0 Å². The molecule has 22 heavy (non-hydrogen) atoms. The van der Waals surface area contributed by atoms with Crippen molar-refractivity contribution in [2.75, 3.05) is 33.2 Å². The van der Waals surface area contributed by atoms with Gasteiger partial charge in [0, 0.05) is 41.7 Å². The molecule has 0 N–H and O–H groups in total. The van der Waals surface area contributed by atoms with Crippen molar-refractivity contribution in [3.63, 3.8) is 0 Å². The van der Waals surface area contributed by atoms with Gasteiger partial charge in [-0.1, -0.05) is 18.2 Å². The number of carbonyl (C=O) groups is 1. The Morgan fingerprint density at radius 2 is 1.91 bits per heavy atom. The standard InChI is InChI=1S/C17H20N2OS2/c1-18-8-10-19(11-9-18)17(20)15-6-2-3-7-16(15)22-13-14-5-4-12-21-14/h2-7,12H,8-11,13H2,1H3. The fourth-order valence-electron chi connectivity index (χ4n) is 2.49. The maximum atomic E-state index is 12.8. The highest BCUT2D eigenvalue weighted by Gasteiger charge is 2.22. The van der Waals surface area contributed by atoms with E-state index >= 15 is 0 Å². The molecule has 116 valence electrons. The number of likely N-dealkylation sites (N-methyl/N-ethyl adjacent to an activating group) is 1. The van der Waals surface area contributed by atoms with E-state index in [9.17, 15) is 4.79 Å². The van der Waals surface area contributed by atoms with Crippen LogP contribution >= 0.6 is 23.1 Å². The van der Waals surface area contributed by atoms with Crippen LogP contribution in [-0.2, 0) is 5.75 Å². The zero-order chi connectivity index (χ0) is 15.4. The highest BCUT2D eigenvalue weighted by Crippen LogP contribution is 2.28. The van der Waals surface area contributed by atoms with Crippen LogP contribution in [0.4, 0.5) is 0 Å². The van der Waals surface area contributed by atoms with Gasteiger partial charge in [0.2, 0.25) is 0 Å². The van der Waals surface area contributed by atoms with Crippen LogP contribution in [0, 0.1) is 0 Å². The molecular formula is C17H20N2OS2. The predicted molar refractivity (Wildman–Crippen MR) is 93.7 cm³/mol. The third-order valence-electron chi connectivity index (χ3n) is 3.86. The maximum Gasteiger partial charge on any atom is 0.255 e. The lowest BCUT2D eigenvalue weighted by Crippen LogP contribution is -2.47. The fraction of sp³-hybridized carbons (Fsp3) is 0.353. The van der Waals surface area contributed by atoms with Gasteiger partial charge < -0.3 is 9.80 Å². The number of benzene rings is 1. The average molecular weight is 332 g/mol. The molecule has 0 unspecified atom stereocenters. The molecule has 0 aliphatic carbocycles. The number of amides is 1. The Kier molecular flexibility index (Phi) is 5.18. The van der Waals surface area contributed by atoms with E-state index in [1.807, 2.05) is 23.1 Å². The molecule has 1 amide bonds. The zero-order valence-corrected chi connectivity index (χ0v) is 14.3. The van der Waals surface area contributed by atoms with Gasteiger partial charge >= 0.3 is 0 Å². The molecule has 1 saturated heterocycles. The lowest BCUT2D eigenvalue weighted by molar-refractivity contribution is 0.0660. The molecule has 0 bridgehead atoms. The van der Waals surface area contributed by atoms with Crippen LogP contribution in [0.25, 0.3) is 0 Å². The lowest BCUT2D eigenvalue weighted by Gasteiger charge is -2.32. The number of rotatable bonds is 4. The van der Waals surface area contributed by atoms with Gasteiger partial charge in [0.1, 0.15) is 0 Å². The Bertz CT molecular complexity index is 619. The molecule has 2 aromatic rings. The Morgan fingerprint density at radius 1 is 1.14 bits per heavy atom. The van der Waals surface area contributed by atoms with Crippen LogP contribution in [-0.4, -0.2) is 48.9 Å². The molecule has 1 fully saturated rings. The van der Waals surface area contributed by atoms with Crippen LogP contribution in [0.15, 0.2) is 46.7 Å². The molecule has 0 radical (unpaired) electrons.